The van der Waals surface area contributed by atoms with Crippen molar-refractivity contribution in [2.45, 2.75) is 58.0 Å². The van der Waals surface area contributed by atoms with E-state index >= 15 is 0 Å². The molecule has 2 rings (SSSR count). The molecule has 1 heterocycles. The van der Waals surface area contributed by atoms with E-state index in [0.717, 1.165) is 18.9 Å². The van der Waals surface area contributed by atoms with Crippen molar-refractivity contribution in [1.82, 2.24) is 9.78 Å². The molecule has 0 aromatic carbocycles. The van der Waals surface area contributed by atoms with Crippen LogP contribution in [-0.4, -0.2) is 15.8 Å². The smallest absolute Gasteiger partial charge is 0.0525 e. The van der Waals surface area contributed by atoms with Crippen LogP contribution in [0.3, 0.4) is 0 Å². The van der Waals surface area contributed by atoms with Gasteiger partial charge in [-0.3, -0.25) is 4.68 Å². The Morgan fingerprint density at radius 1 is 1.60 bits per heavy atom. The van der Waals surface area contributed by atoms with Gasteiger partial charge >= 0.3 is 0 Å². The zero-order valence-corrected chi connectivity index (χ0v) is 9.74. The second kappa shape index (κ2) is 4.35. The molecule has 1 aliphatic carbocycles. The Balaban J connectivity index is 2.24. The first-order chi connectivity index (χ1) is 7.22. The van der Waals surface area contributed by atoms with Crippen molar-refractivity contribution in [3.8, 4) is 0 Å². The highest BCUT2D eigenvalue weighted by molar-refractivity contribution is 5.24. The zero-order chi connectivity index (χ0) is 10.8. The van der Waals surface area contributed by atoms with Gasteiger partial charge in [0.2, 0.25) is 0 Å². The molecule has 3 nitrogen and oxygen atoms in total. The SMILES string of the molecule is CCn1ncc(CC(C)N)c1C1CCC1. The Morgan fingerprint density at radius 2 is 2.33 bits per heavy atom. The molecule has 0 spiro atoms. The van der Waals surface area contributed by atoms with Crippen LogP contribution in [0.5, 0.6) is 0 Å². The molecule has 1 atom stereocenters. The molecule has 1 aliphatic rings. The molecule has 1 saturated carbocycles. The summed E-state index contributed by atoms with van der Waals surface area (Å²) >= 11 is 0. The van der Waals surface area contributed by atoms with E-state index in [9.17, 15) is 0 Å². The highest BCUT2D eigenvalue weighted by Gasteiger charge is 2.26. The number of hydrogen-bond acceptors (Lipinski definition) is 2. The van der Waals surface area contributed by atoms with Crippen LogP contribution in [0.4, 0.5) is 0 Å². The first-order valence-electron chi connectivity index (χ1n) is 6.02. The highest BCUT2D eigenvalue weighted by Crippen LogP contribution is 2.38. The fourth-order valence-corrected chi connectivity index (χ4v) is 2.34. The summed E-state index contributed by atoms with van der Waals surface area (Å²) in [5, 5.41) is 4.45. The number of rotatable bonds is 4. The van der Waals surface area contributed by atoms with Gasteiger partial charge < -0.3 is 5.73 Å². The van der Waals surface area contributed by atoms with Gasteiger partial charge in [0.05, 0.1) is 6.20 Å². The van der Waals surface area contributed by atoms with E-state index in [1.807, 2.05) is 6.20 Å². The van der Waals surface area contributed by atoms with Gasteiger partial charge in [0.15, 0.2) is 0 Å². The van der Waals surface area contributed by atoms with Crippen LogP contribution < -0.4 is 5.73 Å². The minimum Gasteiger partial charge on any atom is -0.328 e. The van der Waals surface area contributed by atoms with Crippen molar-refractivity contribution < 1.29 is 0 Å². The number of hydrogen-bond donors (Lipinski definition) is 1. The van der Waals surface area contributed by atoms with Crippen LogP contribution in [0.2, 0.25) is 0 Å². The molecule has 0 bridgehead atoms. The molecular weight excluding hydrogens is 186 g/mol. The summed E-state index contributed by atoms with van der Waals surface area (Å²) in [6.07, 6.45) is 7.01. The molecule has 1 aromatic rings. The minimum absolute atomic E-state index is 0.235. The molecule has 0 aliphatic heterocycles. The molecule has 84 valence electrons. The Hall–Kier alpha value is -0.830. The molecular formula is C12H21N3. The molecule has 1 aromatic heterocycles. The van der Waals surface area contributed by atoms with Crippen molar-refractivity contribution in [1.29, 1.82) is 0 Å². The van der Waals surface area contributed by atoms with Gasteiger partial charge in [-0.05, 0) is 38.7 Å². The molecule has 0 amide bonds. The quantitative estimate of drug-likeness (QED) is 0.821. The van der Waals surface area contributed by atoms with Crippen molar-refractivity contribution in [2.24, 2.45) is 5.73 Å². The number of aryl methyl sites for hydroxylation is 1. The van der Waals surface area contributed by atoms with Gasteiger partial charge in [0, 0.05) is 24.2 Å². The standard InChI is InChI=1S/C12H21N3/c1-3-15-12(10-5-4-6-10)11(8-14-15)7-9(2)13/h8-10H,3-7,13H2,1-2H3. The van der Waals surface area contributed by atoms with E-state index in [1.165, 1.54) is 30.5 Å². The summed E-state index contributed by atoms with van der Waals surface area (Å²) in [5.41, 5.74) is 8.70. The molecule has 15 heavy (non-hydrogen) atoms. The maximum absolute atomic E-state index is 5.87. The average Bonchev–Trinajstić information content (AvgIpc) is 2.45. The van der Waals surface area contributed by atoms with Crippen LogP contribution in [0.1, 0.15) is 50.3 Å². The van der Waals surface area contributed by atoms with Gasteiger partial charge in [0.1, 0.15) is 0 Å². The second-order valence-electron chi connectivity index (χ2n) is 4.68. The van der Waals surface area contributed by atoms with Crippen LogP contribution in [0.25, 0.3) is 0 Å². The maximum atomic E-state index is 5.87. The topological polar surface area (TPSA) is 43.8 Å². The third kappa shape index (κ3) is 2.07. The lowest BCUT2D eigenvalue weighted by Gasteiger charge is -2.27. The van der Waals surface area contributed by atoms with E-state index in [1.54, 1.807) is 0 Å². The summed E-state index contributed by atoms with van der Waals surface area (Å²) in [6.45, 7) is 5.20. The average molecular weight is 207 g/mol. The van der Waals surface area contributed by atoms with Gasteiger partial charge in [0.25, 0.3) is 0 Å². The van der Waals surface area contributed by atoms with Crippen molar-refractivity contribution in [3.05, 3.63) is 17.5 Å². The molecule has 0 saturated heterocycles. The van der Waals surface area contributed by atoms with Gasteiger partial charge in [-0.25, -0.2) is 0 Å². The largest absolute Gasteiger partial charge is 0.328 e. The predicted molar refractivity (Wildman–Crippen MR) is 61.8 cm³/mol. The zero-order valence-electron chi connectivity index (χ0n) is 9.74. The highest BCUT2D eigenvalue weighted by atomic mass is 15.3. The Morgan fingerprint density at radius 3 is 2.80 bits per heavy atom. The lowest BCUT2D eigenvalue weighted by Crippen LogP contribution is -2.21. The molecule has 3 heteroatoms. The first-order valence-corrected chi connectivity index (χ1v) is 6.02. The van der Waals surface area contributed by atoms with E-state index in [-0.39, 0.29) is 6.04 Å². The third-order valence-electron chi connectivity index (χ3n) is 3.29. The van der Waals surface area contributed by atoms with Crippen LogP contribution in [-0.2, 0) is 13.0 Å². The van der Waals surface area contributed by atoms with Gasteiger partial charge in [-0.2, -0.15) is 5.10 Å². The van der Waals surface area contributed by atoms with Crippen LogP contribution in [0.15, 0.2) is 6.20 Å². The number of nitrogens with zero attached hydrogens (tertiary/aromatic N) is 2. The lowest BCUT2D eigenvalue weighted by molar-refractivity contribution is 0.387. The number of aromatic nitrogens is 2. The number of nitrogens with two attached hydrogens (primary N) is 1. The van der Waals surface area contributed by atoms with Crippen molar-refractivity contribution in [2.75, 3.05) is 0 Å². The summed E-state index contributed by atoms with van der Waals surface area (Å²) in [6, 6.07) is 0.235. The summed E-state index contributed by atoms with van der Waals surface area (Å²) in [7, 11) is 0. The normalized spacial score (nSPS) is 18.9. The van der Waals surface area contributed by atoms with E-state index in [4.69, 9.17) is 5.73 Å². The van der Waals surface area contributed by atoms with E-state index in [0.29, 0.717) is 0 Å². The summed E-state index contributed by atoms with van der Waals surface area (Å²) in [4.78, 5) is 0. The van der Waals surface area contributed by atoms with Crippen molar-refractivity contribution >= 4 is 0 Å². The molecule has 1 unspecified atom stereocenters. The Labute approximate surface area is 91.7 Å². The predicted octanol–water partition coefficient (Wildman–Crippen LogP) is 2.06. The summed E-state index contributed by atoms with van der Waals surface area (Å²) in [5.74, 6) is 0.751. The van der Waals surface area contributed by atoms with Gasteiger partial charge in [-0.1, -0.05) is 6.42 Å². The molecule has 1 fully saturated rings. The monoisotopic (exact) mass is 207 g/mol. The first kappa shape index (κ1) is 10.7. The summed E-state index contributed by atoms with van der Waals surface area (Å²) < 4.78 is 2.15. The fourth-order valence-electron chi connectivity index (χ4n) is 2.34. The van der Waals surface area contributed by atoms with E-state index in [2.05, 4.69) is 23.6 Å². The molecule has 0 radical (unpaired) electrons. The Bertz CT molecular complexity index is 324. The third-order valence-corrected chi connectivity index (χ3v) is 3.29. The maximum Gasteiger partial charge on any atom is 0.0525 e. The van der Waals surface area contributed by atoms with E-state index < -0.39 is 0 Å². The van der Waals surface area contributed by atoms with Gasteiger partial charge in [-0.15, -0.1) is 0 Å². The molecule has 2 N–H and O–H groups in total. The van der Waals surface area contributed by atoms with Crippen LogP contribution >= 0.6 is 0 Å². The van der Waals surface area contributed by atoms with Crippen molar-refractivity contribution in [3.63, 3.8) is 0 Å². The lowest BCUT2D eigenvalue weighted by atomic mass is 9.81. The Kier molecular flexibility index (Phi) is 3.10. The fraction of sp³-hybridized carbons (Fsp3) is 0.750. The van der Waals surface area contributed by atoms with Crippen LogP contribution in [0, 0.1) is 0 Å². The second-order valence-corrected chi connectivity index (χ2v) is 4.68. The minimum atomic E-state index is 0.235.